The molecule has 1 aromatic carbocycles. The third-order valence-corrected chi connectivity index (χ3v) is 4.09. The number of piperidine rings is 1. The second-order valence-corrected chi connectivity index (χ2v) is 5.83. The molecule has 0 bridgehead atoms. The number of nitrogens with zero attached hydrogens (tertiary/aromatic N) is 2. The van der Waals surface area contributed by atoms with Crippen molar-refractivity contribution in [2.24, 2.45) is 5.92 Å². The molecule has 1 heterocycles. The third-order valence-electron chi connectivity index (χ3n) is 4.09. The van der Waals surface area contributed by atoms with Crippen molar-refractivity contribution in [2.45, 2.75) is 19.3 Å². The van der Waals surface area contributed by atoms with Crippen molar-refractivity contribution >= 4 is 23.5 Å². The van der Waals surface area contributed by atoms with Gasteiger partial charge in [0.2, 0.25) is 5.91 Å². The molecule has 1 aromatic rings. The van der Waals surface area contributed by atoms with Gasteiger partial charge in [0.25, 0.3) is 11.6 Å². The lowest BCUT2D eigenvalue weighted by Crippen LogP contribution is -2.43. The fourth-order valence-corrected chi connectivity index (χ4v) is 2.68. The Kier molecular flexibility index (Phi) is 6.04. The van der Waals surface area contributed by atoms with Crippen LogP contribution >= 0.6 is 0 Å². The lowest BCUT2D eigenvalue weighted by molar-refractivity contribution is -0.384. The van der Waals surface area contributed by atoms with Gasteiger partial charge in [-0.25, -0.2) is 0 Å². The van der Waals surface area contributed by atoms with Crippen molar-refractivity contribution in [3.05, 3.63) is 39.9 Å². The summed E-state index contributed by atoms with van der Waals surface area (Å²) in [5.74, 6) is -2.06. The van der Waals surface area contributed by atoms with E-state index in [4.69, 9.17) is 5.11 Å². The summed E-state index contributed by atoms with van der Waals surface area (Å²) in [6.07, 6.45) is 1.29. The molecule has 0 spiro atoms. The van der Waals surface area contributed by atoms with E-state index in [0.717, 1.165) is 0 Å². The fourth-order valence-electron chi connectivity index (χ4n) is 2.68. The van der Waals surface area contributed by atoms with Gasteiger partial charge in [0.05, 0.1) is 10.8 Å². The zero-order chi connectivity index (χ0) is 18.4. The van der Waals surface area contributed by atoms with E-state index < -0.39 is 22.7 Å². The molecule has 1 aliphatic heterocycles. The fraction of sp³-hybridized carbons (Fsp3) is 0.438. The highest BCUT2D eigenvalue weighted by atomic mass is 16.6. The Balaban J connectivity index is 1.79. The molecule has 1 fully saturated rings. The number of nitro groups is 1. The molecule has 0 unspecified atom stereocenters. The number of nitro benzene ring substituents is 1. The maximum absolute atomic E-state index is 12.1. The van der Waals surface area contributed by atoms with Crippen molar-refractivity contribution in [1.29, 1.82) is 0 Å². The first kappa shape index (κ1) is 18.4. The number of aliphatic carboxylic acids is 1. The summed E-state index contributed by atoms with van der Waals surface area (Å²) in [6.45, 7) is 0.840. The molecular formula is C16H19N3O6. The van der Waals surface area contributed by atoms with Crippen molar-refractivity contribution in [3.63, 3.8) is 0 Å². The van der Waals surface area contributed by atoms with E-state index in [1.807, 2.05) is 0 Å². The van der Waals surface area contributed by atoms with Crippen molar-refractivity contribution in [3.8, 4) is 0 Å². The van der Waals surface area contributed by atoms with Crippen LogP contribution in [0.15, 0.2) is 24.3 Å². The molecule has 0 saturated carbocycles. The molecule has 2 amide bonds. The largest absolute Gasteiger partial charge is 0.481 e. The van der Waals surface area contributed by atoms with E-state index in [1.165, 1.54) is 29.2 Å². The van der Waals surface area contributed by atoms with Gasteiger partial charge in [0, 0.05) is 43.8 Å². The number of carbonyl (C=O) groups is 3. The number of carboxylic acid groups (broad SMARTS) is 1. The van der Waals surface area contributed by atoms with E-state index >= 15 is 0 Å². The monoisotopic (exact) mass is 349 g/mol. The average Bonchev–Trinajstić information content (AvgIpc) is 2.61. The maximum Gasteiger partial charge on any atom is 0.308 e. The third kappa shape index (κ3) is 5.00. The lowest BCUT2D eigenvalue weighted by Gasteiger charge is -2.30. The van der Waals surface area contributed by atoms with E-state index in [9.17, 15) is 24.5 Å². The first-order valence-electron chi connectivity index (χ1n) is 7.91. The number of likely N-dealkylation sites (tertiary alicyclic amines) is 1. The van der Waals surface area contributed by atoms with E-state index in [2.05, 4.69) is 5.32 Å². The highest BCUT2D eigenvalue weighted by Gasteiger charge is 2.27. The van der Waals surface area contributed by atoms with Crippen LogP contribution in [0.4, 0.5) is 5.69 Å². The summed E-state index contributed by atoms with van der Waals surface area (Å²) >= 11 is 0. The number of hydrogen-bond donors (Lipinski definition) is 2. The molecule has 25 heavy (non-hydrogen) atoms. The summed E-state index contributed by atoms with van der Waals surface area (Å²) in [5, 5.41) is 22.2. The molecule has 134 valence electrons. The van der Waals surface area contributed by atoms with Gasteiger partial charge in [-0.15, -0.1) is 0 Å². The van der Waals surface area contributed by atoms with Crippen molar-refractivity contribution < 1.29 is 24.4 Å². The topological polar surface area (TPSA) is 130 Å². The molecule has 0 aromatic heterocycles. The van der Waals surface area contributed by atoms with Crippen LogP contribution in [0.2, 0.25) is 0 Å². The molecule has 9 heteroatoms. The molecular weight excluding hydrogens is 330 g/mol. The highest BCUT2D eigenvalue weighted by molar-refractivity contribution is 5.94. The number of amides is 2. The summed E-state index contributed by atoms with van der Waals surface area (Å²) in [5.41, 5.74) is 0.159. The Bertz CT molecular complexity index is 673. The van der Waals surface area contributed by atoms with Gasteiger partial charge in [-0.2, -0.15) is 0 Å². The van der Waals surface area contributed by atoms with Crippen LogP contribution in [0.1, 0.15) is 29.6 Å². The molecule has 1 atom stereocenters. The summed E-state index contributed by atoms with van der Waals surface area (Å²) in [7, 11) is 0. The van der Waals surface area contributed by atoms with Gasteiger partial charge in [0.15, 0.2) is 0 Å². The van der Waals surface area contributed by atoms with Crippen LogP contribution < -0.4 is 5.32 Å². The first-order chi connectivity index (χ1) is 11.9. The van der Waals surface area contributed by atoms with Gasteiger partial charge in [-0.05, 0) is 25.0 Å². The Morgan fingerprint density at radius 2 is 1.96 bits per heavy atom. The van der Waals surface area contributed by atoms with Crippen LogP contribution in [0.5, 0.6) is 0 Å². The van der Waals surface area contributed by atoms with Gasteiger partial charge in [-0.1, -0.05) is 0 Å². The predicted octanol–water partition coefficient (Wildman–Crippen LogP) is 1.04. The average molecular weight is 349 g/mol. The summed E-state index contributed by atoms with van der Waals surface area (Å²) in [6, 6.07) is 5.16. The zero-order valence-electron chi connectivity index (χ0n) is 13.5. The smallest absolute Gasteiger partial charge is 0.308 e. The molecule has 1 saturated heterocycles. The number of benzene rings is 1. The number of rotatable bonds is 6. The maximum atomic E-state index is 12.1. The minimum atomic E-state index is -0.899. The minimum Gasteiger partial charge on any atom is -0.481 e. The quantitative estimate of drug-likeness (QED) is 0.583. The molecule has 2 rings (SSSR count). The van der Waals surface area contributed by atoms with Crippen LogP contribution in [-0.4, -0.2) is 52.3 Å². The molecule has 1 aliphatic rings. The second-order valence-electron chi connectivity index (χ2n) is 5.83. The number of carbonyl (C=O) groups excluding carboxylic acids is 2. The van der Waals surface area contributed by atoms with Crippen molar-refractivity contribution in [1.82, 2.24) is 10.2 Å². The van der Waals surface area contributed by atoms with Crippen LogP contribution in [0, 0.1) is 16.0 Å². The predicted molar refractivity (Wildman–Crippen MR) is 87.0 cm³/mol. The summed E-state index contributed by atoms with van der Waals surface area (Å²) < 4.78 is 0. The second kappa shape index (κ2) is 8.22. The Morgan fingerprint density at radius 1 is 1.28 bits per heavy atom. The van der Waals surface area contributed by atoms with Gasteiger partial charge in [-0.3, -0.25) is 24.5 Å². The Hall–Kier alpha value is -2.97. The molecule has 2 N–H and O–H groups in total. The lowest BCUT2D eigenvalue weighted by atomic mass is 9.98. The highest BCUT2D eigenvalue weighted by Crippen LogP contribution is 2.17. The van der Waals surface area contributed by atoms with Gasteiger partial charge >= 0.3 is 5.97 Å². The van der Waals surface area contributed by atoms with Crippen LogP contribution in [0.25, 0.3) is 0 Å². The zero-order valence-corrected chi connectivity index (χ0v) is 13.5. The molecule has 0 radical (unpaired) electrons. The number of nitrogens with one attached hydrogen (secondary N) is 1. The van der Waals surface area contributed by atoms with E-state index in [0.29, 0.717) is 19.4 Å². The minimum absolute atomic E-state index is 0.0745. The van der Waals surface area contributed by atoms with Crippen LogP contribution in [0.3, 0.4) is 0 Å². The first-order valence-corrected chi connectivity index (χ1v) is 7.91. The van der Waals surface area contributed by atoms with Crippen molar-refractivity contribution in [2.75, 3.05) is 19.6 Å². The number of hydrogen-bond acceptors (Lipinski definition) is 5. The molecule has 9 nitrogen and oxygen atoms in total. The summed E-state index contributed by atoms with van der Waals surface area (Å²) in [4.78, 5) is 46.6. The van der Waals surface area contributed by atoms with Gasteiger partial charge in [0.1, 0.15) is 0 Å². The SMILES string of the molecule is O=C(NCCC(=O)N1CCC[C@H](C(=O)O)C1)c1ccc([N+](=O)[O-])cc1. The van der Waals surface area contributed by atoms with E-state index in [-0.39, 0.29) is 36.7 Å². The van der Waals surface area contributed by atoms with Crippen LogP contribution in [-0.2, 0) is 9.59 Å². The standard InChI is InChI=1S/C16H19N3O6/c20-14(18-9-1-2-12(10-18)16(22)23)7-8-17-15(21)11-3-5-13(6-4-11)19(24)25/h3-6,12H,1-2,7-10H2,(H,17,21)(H,22,23)/t12-/m0/s1. The number of non-ortho nitro benzene ring substituents is 1. The normalized spacial score (nSPS) is 17.0. The van der Waals surface area contributed by atoms with Gasteiger partial charge < -0.3 is 15.3 Å². The van der Waals surface area contributed by atoms with E-state index in [1.54, 1.807) is 0 Å². The molecule has 0 aliphatic carbocycles. The number of carboxylic acids is 1. The Morgan fingerprint density at radius 3 is 2.56 bits per heavy atom. The Labute approximate surface area is 143 Å².